The van der Waals surface area contributed by atoms with E-state index in [1.807, 2.05) is 39.0 Å². The van der Waals surface area contributed by atoms with E-state index in [9.17, 15) is 9.59 Å². The fraction of sp³-hybridized carbons (Fsp3) is 0.565. The van der Waals surface area contributed by atoms with Crippen molar-refractivity contribution in [3.63, 3.8) is 0 Å². The second kappa shape index (κ2) is 9.76. The van der Waals surface area contributed by atoms with Gasteiger partial charge in [-0.05, 0) is 37.3 Å². The molecule has 1 N–H and O–H groups in total. The van der Waals surface area contributed by atoms with Crippen molar-refractivity contribution in [2.24, 2.45) is 11.8 Å². The third-order valence-electron chi connectivity index (χ3n) is 5.24. The average molecular weight is 387 g/mol. The highest BCUT2D eigenvalue weighted by atomic mass is 16.5. The molecule has 2 amide bonds. The number of nitrogens with one attached hydrogen (secondary N) is 1. The molecule has 5 heteroatoms. The minimum absolute atomic E-state index is 0.0165. The Labute approximate surface area is 169 Å². The van der Waals surface area contributed by atoms with Gasteiger partial charge in [-0.2, -0.15) is 0 Å². The first-order chi connectivity index (χ1) is 13.2. The third kappa shape index (κ3) is 5.37. The summed E-state index contributed by atoms with van der Waals surface area (Å²) in [5.74, 6) is 0.523. The van der Waals surface area contributed by atoms with Gasteiger partial charge in [0.1, 0.15) is 11.8 Å². The maximum absolute atomic E-state index is 13.2. The van der Waals surface area contributed by atoms with E-state index in [1.54, 1.807) is 18.0 Å². The Hall–Kier alpha value is -2.30. The molecule has 0 fully saturated rings. The molecule has 1 heterocycles. The predicted octanol–water partition coefficient (Wildman–Crippen LogP) is 4.04. The lowest BCUT2D eigenvalue weighted by atomic mass is 9.96. The number of ether oxygens (including phenoxy) is 1. The lowest BCUT2D eigenvalue weighted by Gasteiger charge is -2.33. The van der Waals surface area contributed by atoms with Gasteiger partial charge in [-0.25, -0.2) is 0 Å². The monoisotopic (exact) mass is 386 g/mol. The summed E-state index contributed by atoms with van der Waals surface area (Å²) >= 11 is 0. The molecule has 2 rings (SSSR count). The number of hydrogen-bond acceptors (Lipinski definition) is 3. The van der Waals surface area contributed by atoms with Crippen LogP contribution in [0, 0.1) is 11.8 Å². The molecule has 1 aliphatic rings. The standard InChI is InChI=1S/C23H34N2O3/c1-15(2)19-13-9-7-11-17(5)28-20-14-10-8-12-18(20)23(27)25(6)21(16(3)4)22(26)24-19/h7-10,12,14-17,19,21H,11,13H2,1-6H3,(H,24,26)/b9-7-/t17-,19-,21-/m0/s1. The van der Waals surface area contributed by atoms with E-state index in [0.717, 1.165) is 12.8 Å². The molecule has 0 saturated heterocycles. The summed E-state index contributed by atoms with van der Waals surface area (Å²) in [6.07, 6.45) is 5.66. The Kier molecular flexibility index (Phi) is 7.67. The summed E-state index contributed by atoms with van der Waals surface area (Å²) in [5, 5.41) is 3.17. The minimum Gasteiger partial charge on any atom is -0.490 e. The van der Waals surface area contributed by atoms with Crippen LogP contribution in [0.1, 0.15) is 57.8 Å². The molecule has 0 radical (unpaired) electrons. The third-order valence-corrected chi connectivity index (χ3v) is 5.24. The van der Waals surface area contributed by atoms with Crippen molar-refractivity contribution in [2.45, 2.75) is 65.6 Å². The first kappa shape index (κ1) is 22.0. The molecule has 0 spiro atoms. The van der Waals surface area contributed by atoms with Crippen LogP contribution in [0.2, 0.25) is 0 Å². The topological polar surface area (TPSA) is 58.6 Å². The number of benzene rings is 1. The maximum Gasteiger partial charge on any atom is 0.258 e. The molecule has 0 bridgehead atoms. The highest BCUT2D eigenvalue weighted by Gasteiger charge is 2.33. The highest BCUT2D eigenvalue weighted by molar-refractivity contribution is 5.99. The Morgan fingerprint density at radius 2 is 1.68 bits per heavy atom. The van der Waals surface area contributed by atoms with E-state index in [0.29, 0.717) is 17.2 Å². The van der Waals surface area contributed by atoms with Crippen molar-refractivity contribution >= 4 is 11.8 Å². The fourth-order valence-corrected chi connectivity index (χ4v) is 3.55. The van der Waals surface area contributed by atoms with Crippen LogP contribution in [0.3, 0.4) is 0 Å². The van der Waals surface area contributed by atoms with E-state index >= 15 is 0 Å². The summed E-state index contributed by atoms with van der Waals surface area (Å²) in [7, 11) is 1.70. The summed E-state index contributed by atoms with van der Waals surface area (Å²) in [5.41, 5.74) is 0.483. The SMILES string of the molecule is CC(C)[C@@H]1C/C=C\C[C@H](C)Oc2ccccc2C(=O)N(C)[C@@H](C(C)C)C(=O)N1. The fourth-order valence-electron chi connectivity index (χ4n) is 3.55. The Morgan fingerprint density at radius 1 is 1.04 bits per heavy atom. The first-order valence-electron chi connectivity index (χ1n) is 10.2. The number of rotatable bonds is 2. The molecule has 0 aliphatic carbocycles. The summed E-state index contributed by atoms with van der Waals surface area (Å²) in [6, 6.07) is 6.73. The minimum atomic E-state index is -0.550. The summed E-state index contributed by atoms with van der Waals surface area (Å²) in [6.45, 7) is 10.1. The number of para-hydroxylation sites is 1. The Morgan fingerprint density at radius 3 is 2.32 bits per heavy atom. The van der Waals surface area contributed by atoms with Crippen LogP contribution in [0.25, 0.3) is 0 Å². The van der Waals surface area contributed by atoms with Crippen LogP contribution in [-0.2, 0) is 4.79 Å². The number of hydrogen-bond donors (Lipinski definition) is 1. The second-order valence-corrected chi connectivity index (χ2v) is 8.33. The molecular formula is C23H34N2O3. The van der Waals surface area contributed by atoms with Gasteiger partial charge in [0.05, 0.1) is 11.7 Å². The van der Waals surface area contributed by atoms with E-state index in [-0.39, 0.29) is 29.9 Å². The molecule has 0 unspecified atom stereocenters. The second-order valence-electron chi connectivity index (χ2n) is 8.33. The van der Waals surface area contributed by atoms with Crippen LogP contribution in [0.4, 0.5) is 0 Å². The average Bonchev–Trinajstić information content (AvgIpc) is 2.63. The zero-order valence-electron chi connectivity index (χ0n) is 17.9. The highest BCUT2D eigenvalue weighted by Crippen LogP contribution is 2.24. The first-order valence-corrected chi connectivity index (χ1v) is 10.2. The number of fused-ring (bicyclic) bond motifs is 1. The van der Waals surface area contributed by atoms with Crippen LogP contribution in [0.5, 0.6) is 5.75 Å². The van der Waals surface area contributed by atoms with E-state index < -0.39 is 6.04 Å². The van der Waals surface area contributed by atoms with E-state index in [2.05, 4.69) is 31.3 Å². The molecule has 1 aliphatic heterocycles. The van der Waals surface area contributed by atoms with Crippen molar-refractivity contribution in [3.05, 3.63) is 42.0 Å². The van der Waals surface area contributed by atoms with Gasteiger partial charge >= 0.3 is 0 Å². The molecule has 154 valence electrons. The van der Waals surface area contributed by atoms with Crippen LogP contribution in [0.15, 0.2) is 36.4 Å². The van der Waals surface area contributed by atoms with Gasteiger partial charge in [-0.15, -0.1) is 0 Å². The number of carbonyl (C=O) groups excluding carboxylic acids is 2. The lowest BCUT2D eigenvalue weighted by molar-refractivity contribution is -0.127. The van der Waals surface area contributed by atoms with Crippen molar-refractivity contribution in [1.82, 2.24) is 10.2 Å². The maximum atomic E-state index is 13.2. The number of likely N-dealkylation sites (N-methyl/N-ethyl adjacent to an activating group) is 1. The van der Waals surface area contributed by atoms with Crippen molar-refractivity contribution in [2.75, 3.05) is 7.05 Å². The lowest BCUT2D eigenvalue weighted by Crippen LogP contribution is -2.53. The molecular weight excluding hydrogens is 352 g/mol. The van der Waals surface area contributed by atoms with Gasteiger partial charge in [0, 0.05) is 19.5 Å². The largest absolute Gasteiger partial charge is 0.490 e. The van der Waals surface area contributed by atoms with E-state index in [1.165, 1.54) is 0 Å². The smallest absolute Gasteiger partial charge is 0.258 e. The quantitative estimate of drug-likeness (QED) is 0.781. The van der Waals surface area contributed by atoms with Gasteiger partial charge in [0.25, 0.3) is 5.91 Å². The normalized spacial score (nSPS) is 25.7. The summed E-state index contributed by atoms with van der Waals surface area (Å²) in [4.78, 5) is 27.9. The van der Waals surface area contributed by atoms with E-state index in [4.69, 9.17) is 4.74 Å². The Balaban J connectivity index is 2.45. The molecule has 1 aromatic carbocycles. The predicted molar refractivity (Wildman–Crippen MR) is 112 cm³/mol. The van der Waals surface area contributed by atoms with Crippen LogP contribution in [-0.4, -0.2) is 41.9 Å². The molecule has 0 saturated carbocycles. The van der Waals surface area contributed by atoms with Crippen LogP contribution >= 0.6 is 0 Å². The van der Waals surface area contributed by atoms with Crippen molar-refractivity contribution in [3.8, 4) is 5.75 Å². The van der Waals surface area contributed by atoms with Crippen molar-refractivity contribution in [1.29, 1.82) is 0 Å². The molecule has 5 nitrogen and oxygen atoms in total. The number of amides is 2. The zero-order valence-corrected chi connectivity index (χ0v) is 17.9. The van der Waals surface area contributed by atoms with Gasteiger partial charge in [0.15, 0.2) is 0 Å². The number of nitrogens with zero attached hydrogens (tertiary/aromatic N) is 1. The molecule has 28 heavy (non-hydrogen) atoms. The zero-order chi connectivity index (χ0) is 20.8. The van der Waals surface area contributed by atoms with Gasteiger partial charge in [-0.1, -0.05) is 52.0 Å². The van der Waals surface area contributed by atoms with Gasteiger partial charge in [-0.3, -0.25) is 9.59 Å². The van der Waals surface area contributed by atoms with Crippen molar-refractivity contribution < 1.29 is 14.3 Å². The van der Waals surface area contributed by atoms with Gasteiger partial charge < -0.3 is 15.0 Å². The molecule has 0 aromatic heterocycles. The molecule has 1 aromatic rings. The Bertz CT molecular complexity index is 712. The van der Waals surface area contributed by atoms with Gasteiger partial charge in [0.2, 0.25) is 5.91 Å². The summed E-state index contributed by atoms with van der Waals surface area (Å²) < 4.78 is 6.06. The number of carbonyl (C=O) groups is 2. The molecule has 3 atom stereocenters. The van der Waals surface area contributed by atoms with Crippen LogP contribution < -0.4 is 10.1 Å².